The summed E-state index contributed by atoms with van der Waals surface area (Å²) in [6.45, 7) is 3.22. The van der Waals surface area contributed by atoms with Crippen molar-refractivity contribution in [3.8, 4) is 0 Å². The maximum absolute atomic E-state index is 12.6. The Labute approximate surface area is 154 Å². The first-order chi connectivity index (χ1) is 10.9. The molecule has 9 heteroatoms. The molecule has 24 heavy (non-hydrogen) atoms. The number of nitrogens with zero attached hydrogens (tertiary/aromatic N) is 2. The molecule has 0 bridgehead atoms. The largest absolute Gasteiger partial charge is 0.339 e. The first-order valence-corrected chi connectivity index (χ1v) is 9.48. The number of amides is 1. The number of hydrogen-bond acceptors (Lipinski definition) is 4. The van der Waals surface area contributed by atoms with E-state index in [9.17, 15) is 13.2 Å². The van der Waals surface area contributed by atoms with Crippen LogP contribution in [0.15, 0.2) is 29.2 Å². The van der Waals surface area contributed by atoms with E-state index in [0.29, 0.717) is 24.5 Å². The summed E-state index contributed by atoms with van der Waals surface area (Å²) < 4.78 is 26.6. The van der Waals surface area contributed by atoms with Gasteiger partial charge in [0.1, 0.15) is 0 Å². The Morgan fingerprint density at radius 2 is 1.92 bits per heavy atom. The third-order valence-electron chi connectivity index (χ3n) is 3.90. The number of piperazine rings is 1. The van der Waals surface area contributed by atoms with E-state index in [1.54, 1.807) is 17.0 Å². The third kappa shape index (κ3) is 4.83. The van der Waals surface area contributed by atoms with Gasteiger partial charge in [0.15, 0.2) is 0 Å². The van der Waals surface area contributed by atoms with Crippen molar-refractivity contribution in [2.75, 3.05) is 26.2 Å². The Balaban J connectivity index is 0.00000288. The first kappa shape index (κ1) is 21.2. The summed E-state index contributed by atoms with van der Waals surface area (Å²) in [5.41, 5.74) is 5.85. The fourth-order valence-corrected chi connectivity index (χ4v) is 4.32. The second-order valence-corrected chi connectivity index (χ2v) is 7.96. The molecule has 0 radical (unpaired) electrons. The predicted octanol–water partition coefficient (Wildman–Crippen LogP) is 1.72. The highest BCUT2D eigenvalue weighted by Crippen LogP contribution is 2.21. The molecule has 1 aromatic rings. The Hall–Kier alpha value is -0.860. The summed E-state index contributed by atoms with van der Waals surface area (Å²) in [6.07, 6.45) is 1.48. The van der Waals surface area contributed by atoms with Crippen LogP contribution in [-0.2, 0) is 14.8 Å². The molecule has 1 atom stereocenters. The molecule has 1 amide bonds. The summed E-state index contributed by atoms with van der Waals surface area (Å²) >= 11 is 5.87. The SMILES string of the molecule is CCCC(N)C(=O)N1CCN(S(=O)(=O)c2cccc(Cl)c2)CC1.Cl. The van der Waals surface area contributed by atoms with Gasteiger partial charge < -0.3 is 10.6 Å². The Bertz CT molecular complexity index is 662. The molecular weight excluding hydrogens is 373 g/mol. The Kier molecular flexibility index (Phi) is 7.95. The normalized spacial score (nSPS) is 17.2. The minimum Gasteiger partial charge on any atom is -0.339 e. The standard InChI is InChI=1S/C15H22ClN3O3S.ClH/c1-2-4-14(17)15(20)18-7-9-19(10-8-18)23(21,22)13-6-3-5-12(16)11-13;/h3,5-6,11,14H,2,4,7-10,17H2,1H3;1H. The fourth-order valence-electron chi connectivity index (χ4n) is 2.59. The minimum absolute atomic E-state index is 0. The lowest BCUT2D eigenvalue weighted by molar-refractivity contribution is -0.133. The highest BCUT2D eigenvalue weighted by molar-refractivity contribution is 7.89. The number of benzene rings is 1. The van der Waals surface area contributed by atoms with Gasteiger partial charge in [-0.3, -0.25) is 4.79 Å². The first-order valence-electron chi connectivity index (χ1n) is 7.66. The second kappa shape index (κ2) is 9.01. The number of sulfonamides is 1. The molecule has 1 heterocycles. The van der Waals surface area contributed by atoms with Crippen molar-refractivity contribution in [1.82, 2.24) is 9.21 Å². The molecule has 0 aliphatic carbocycles. The van der Waals surface area contributed by atoms with Gasteiger partial charge in [-0.2, -0.15) is 4.31 Å². The van der Waals surface area contributed by atoms with Crippen molar-refractivity contribution in [3.63, 3.8) is 0 Å². The average Bonchev–Trinajstić information content (AvgIpc) is 2.54. The Morgan fingerprint density at radius 1 is 1.29 bits per heavy atom. The number of nitrogens with two attached hydrogens (primary N) is 1. The van der Waals surface area contributed by atoms with Gasteiger partial charge in [0.2, 0.25) is 15.9 Å². The minimum atomic E-state index is -3.58. The van der Waals surface area contributed by atoms with E-state index in [4.69, 9.17) is 17.3 Å². The quantitative estimate of drug-likeness (QED) is 0.822. The summed E-state index contributed by atoms with van der Waals surface area (Å²) in [5, 5.41) is 0.380. The summed E-state index contributed by atoms with van der Waals surface area (Å²) in [7, 11) is -3.58. The van der Waals surface area contributed by atoms with Crippen molar-refractivity contribution < 1.29 is 13.2 Å². The van der Waals surface area contributed by atoms with E-state index in [0.717, 1.165) is 6.42 Å². The molecule has 0 aromatic heterocycles. The molecule has 136 valence electrons. The summed E-state index contributed by atoms with van der Waals surface area (Å²) in [6, 6.07) is 5.70. The maximum Gasteiger partial charge on any atom is 0.243 e. The van der Waals surface area contributed by atoms with Crippen LogP contribution in [0.5, 0.6) is 0 Å². The van der Waals surface area contributed by atoms with Crippen molar-refractivity contribution in [2.24, 2.45) is 5.73 Å². The maximum atomic E-state index is 12.6. The lowest BCUT2D eigenvalue weighted by atomic mass is 10.1. The van der Waals surface area contributed by atoms with E-state index in [1.165, 1.54) is 16.4 Å². The van der Waals surface area contributed by atoms with Crippen LogP contribution in [0.4, 0.5) is 0 Å². The molecule has 6 nitrogen and oxygen atoms in total. The zero-order valence-corrected chi connectivity index (χ0v) is 15.9. The number of carbonyl (C=O) groups is 1. The molecule has 2 rings (SSSR count). The highest BCUT2D eigenvalue weighted by Gasteiger charge is 2.31. The monoisotopic (exact) mass is 395 g/mol. The third-order valence-corrected chi connectivity index (χ3v) is 6.03. The molecule has 1 unspecified atom stereocenters. The fraction of sp³-hybridized carbons (Fsp3) is 0.533. The lowest BCUT2D eigenvalue weighted by Gasteiger charge is -2.35. The molecule has 0 spiro atoms. The van der Waals surface area contributed by atoms with Gasteiger partial charge in [0.05, 0.1) is 10.9 Å². The van der Waals surface area contributed by atoms with Crippen molar-refractivity contribution in [1.29, 1.82) is 0 Å². The van der Waals surface area contributed by atoms with Crippen LogP contribution < -0.4 is 5.73 Å². The molecular formula is C15H23Cl2N3O3S. The predicted molar refractivity (Wildman–Crippen MR) is 96.9 cm³/mol. The zero-order valence-electron chi connectivity index (χ0n) is 13.5. The molecule has 1 saturated heterocycles. The van der Waals surface area contributed by atoms with Crippen LogP contribution in [0.25, 0.3) is 0 Å². The van der Waals surface area contributed by atoms with Crippen molar-refractivity contribution in [2.45, 2.75) is 30.7 Å². The van der Waals surface area contributed by atoms with Crippen LogP contribution in [-0.4, -0.2) is 55.8 Å². The summed E-state index contributed by atoms with van der Waals surface area (Å²) in [5.74, 6) is -0.105. The van der Waals surface area contributed by atoms with E-state index in [2.05, 4.69) is 0 Å². The van der Waals surface area contributed by atoms with E-state index in [-0.39, 0.29) is 36.3 Å². The van der Waals surface area contributed by atoms with Crippen LogP contribution >= 0.6 is 24.0 Å². The summed E-state index contributed by atoms with van der Waals surface area (Å²) in [4.78, 5) is 14.0. The number of rotatable bonds is 5. The smallest absolute Gasteiger partial charge is 0.243 e. The van der Waals surface area contributed by atoms with Gasteiger partial charge in [0, 0.05) is 31.2 Å². The van der Waals surface area contributed by atoms with E-state index < -0.39 is 16.1 Å². The highest BCUT2D eigenvalue weighted by atomic mass is 35.5. The van der Waals surface area contributed by atoms with Gasteiger partial charge in [-0.25, -0.2) is 8.42 Å². The molecule has 2 N–H and O–H groups in total. The van der Waals surface area contributed by atoms with Crippen molar-refractivity contribution in [3.05, 3.63) is 29.3 Å². The molecule has 1 aliphatic heterocycles. The van der Waals surface area contributed by atoms with Gasteiger partial charge in [-0.1, -0.05) is 31.0 Å². The van der Waals surface area contributed by atoms with Crippen LogP contribution in [0, 0.1) is 0 Å². The molecule has 1 fully saturated rings. The molecule has 1 aromatic carbocycles. The van der Waals surface area contributed by atoms with Gasteiger partial charge >= 0.3 is 0 Å². The number of carbonyl (C=O) groups excluding carboxylic acids is 1. The number of halogens is 2. The van der Waals surface area contributed by atoms with Gasteiger partial charge in [0.25, 0.3) is 0 Å². The van der Waals surface area contributed by atoms with Crippen LogP contribution in [0.3, 0.4) is 0 Å². The van der Waals surface area contributed by atoms with Gasteiger partial charge in [-0.05, 0) is 24.6 Å². The molecule has 0 saturated carbocycles. The molecule has 1 aliphatic rings. The van der Waals surface area contributed by atoms with Crippen molar-refractivity contribution >= 4 is 39.9 Å². The topological polar surface area (TPSA) is 83.7 Å². The lowest BCUT2D eigenvalue weighted by Crippen LogP contribution is -2.54. The second-order valence-electron chi connectivity index (χ2n) is 5.58. The Morgan fingerprint density at radius 3 is 2.46 bits per heavy atom. The van der Waals surface area contributed by atoms with E-state index >= 15 is 0 Å². The van der Waals surface area contributed by atoms with E-state index in [1.807, 2.05) is 6.92 Å². The average molecular weight is 396 g/mol. The van der Waals surface area contributed by atoms with Gasteiger partial charge in [-0.15, -0.1) is 12.4 Å². The number of hydrogen-bond donors (Lipinski definition) is 1. The zero-order chi connectivity index (χ0) is 17.0. The van der Waals surface area contributed by atoms with Crippen LogP contribution in [0.1, 0.15) is 19.8 Å². The van der Waals surface area contributed by atoms with Crippen LogP contribution in [0.2, 0.25) is 5.02 Å².